The van der Waals surface area contributed by atoms with Crippen LogP contribution in [0.15, 0.2) is 18.2 Å². The summed E-state index contributed by atoms with van der Waals surface area (Å²) in [5, 5.41) is 0. The summed E-state index contributed by atoms with van der Waals surface area (Å²) in [5.74, 6) is 0.148. The van der Waals surface area contributed by atoms with Crippen molar-refractivity contribution < 1.29 is 18.7 Å². The summed E-state index contributed by atoms with van der Waals surface area (Å²) in [6, 6.07) is 4.27. The summed E-state index contributed by atoms with van der Waals surface area (Å²) in [5.41, 5.74) is -0.00419. The van der Waals surface area contributed by atoms with Crippen molar-refractivity contribution in [1.29, 1.82) is 0 Å². The fourth-order valence-electron chi connectivity index (χ4n) is 2.55. The molecule has 3 rings (SSSR count). The van der Waals surface area contributed by atoms with Crippen molar-refractivity contribution in [2.45, 2.75) is 11.8 Å². The van der Waals surface area contributed by atoms with Gasteiger partial charge in [-0.15, -0.1) is 0 Å². The number of benzene rings is 1. The van der Waals surface area contributed by atoms with E-state index in [-0.39, 0.29) is 17.7 Å². The highest BCUT2D eigenvalue weighted by molar-refractivity contribution is 5.90. The van der Waals surface area contributed by atoms with E-state index in [2.05, 4.69) is 0 Å². The number of esters is 1. The quantitative estimate of drug-likeness (QED) is 0.714. The number of hydrogen-bond donors (Lipinski definition) is 0. The Morgan fingerprint density at radius 1 is 1.56 bits per heavy atom. The lowest BCUT2D eigenvalue weighted by Gasteiger charge is -2.14. The van der Waals surface area contributed by atoms with Crippen LogP contribution in [0.1, 0.15) is 12.0 Å². The summed E-state index contributed by atoms with van der Waals surface area (Å²) >= 11 is 0. The van der Waals surface area contributed by atoms with E-state index in [0.29, 0.717) is 17.9 Å². The van der Waals surface area contributed by atoms with Crippen molar-refractivity contribution in [3.63, 3.8) is 0 Å². The van der Waals surface area contributed by atoms with Crippen LogP contribution in [0.4, 0.5) is 4.39 Å². The summed E-state index contributed by atoms with van der Waals surface area (Å²) < 4.78 is 23.4. The van der Waals surface area contributed by atoms with E-state index in [0.717, 1.165) is 6.42 Å². The van der Waals surface area contributed by atoms with Crippen molar-refractivity contribution in [1.82, 2.24) is 0 Å². The van der Waals surface area contributed by atoms with Gasteiger partial charge in [-0.05, 0) is 24.6 Å². The molecular formula is C12H11FO3. The number of hydrogen-bond acceptors (Lipinski definition) is 3. The highest BCUT2D eigenvalue weighted by Gasteiger charge is 2.67. The molecule has 0 radical (unpaired) electrons. The maximum Gasteiger partial charge on any atom is 0.317 e. The number of ether oxygens (including phenoxy) is 2. The average molecular weight is 222 g/mol. The second-order valence-corrected chi connectivity index (χ2v) is 4.32. The van der Waals surface area contributed by atoms with Crippen LogP contribution in [0.25, 0.3) is 0 Å². The molecule has 0 amide bonds. The molecule has 1 saturated heterocycles. The first kappa shape index (κ1) is 9.63. The minimum absolute atomic E-state index is 0.190. The molecule has 1 heterocycles. The predicted molar refractivity (Wildman–Crippen MR) is 53.7 cm³/mol. The molecule has 1 aliphatic heterocycles. The van der Waals surface area contributed by atoms with Gasteiger partial charge in [0.2, 0.25) is 0 Å². The zero-order valence-corrected chi connectivity index (χ0v) is 8.83. The molecular weight excluding hydrogens is 211 g/mol. The van der Waals surface area contributed by atoms with Gasteiger partial charge >= 0.3 is 5.97 Å². The molecule has 0 aromatic heterocycles. The van der Waals surface area contributed by atoms with Gasteiger partial charge in [-0.1, -0.05) is 0 Å². The Morgan fingerprint density at radius 3 is 2.94 bits per heavy atom. The lowest BCUT2D eigenvalue weighted by atomic mass is 9.93. The van der Waals surface area contributed by atoms with Crippen LogP contribution in [0.2, 0.25) is 0 Å². The molecule has 1 aromatic rings. The third-order valence-electron chi connectivity index (χ3n) is 3.53. The summed E-state index contributed by atoms with van der Waals surface area (Å²) in [4.78, 5) is 11.7. The van der Waals surface area contributed by atoms with E-state index in [4.69, 9.17) is 9.47 Å². The largest absolute Gasteiger partial charge is 0.496 e. The molecule has 16 heavy (non-hydrogen) atoms. The molecule has 0 N–H and O–H groups in total. The van der Waals surface area contributed by atoms with Gasteiger partial charge < -0.3 is 9.47 Å². The summed E-state index contributed by atoms with van der Waals surface area (Å²) in [6.07, 6.45) is 0.742. The van der Waals surface area contributed by atoms with Crippen molar-refractivity contribution in [2.24, 2.45) is 5.92 Å². The molecule has 1 aromatic carbocycles. The molecule has 2 fully saturated rings. The average Bonchev–Trinajstić information content (AvgIpc) is 2.94. The van der Waals surface area contributed by atoms with Crippen molar-refractivity contribution in [2.75, 3.05) is 13.7 Å². The molecule has 2 atom stereocenters. The fourth-order valence-corrected chi connectivity index (χ4v) is 2.55. The Labute approximate surface area is 92.2 Å². The standard InChI is InChI=1S/C12H11FO3/c1-15-10-3-2-8(13)4-9(10)12-5-7(12)6-16-11(12)14/h2-4,7H,5-6H2,1H3/t7-,12-/m1/s1. The number of rotatable bonds is 2. The van der Waals surface area contributed by atoms with Crippen LogP contribution < -0.4 is 4.74 Å². The van der Waals surface area contributed by atoms with Gasteiger partial charge in [0.1, 0.15) is 17.0 Å². The normalized spacial score (nSPS) is 30.9. The first-order valence-electron chi connectivity index (χ1n) is 5.20. The highest BCUT2D eigenvalue weighted by Crippen LogP contribution is 2.60. The first-order chi connectivity index (χ1) is 7.68. The number of carbonyl (C=O) groups excluding carboxylic acids is 1. The first-order valence-corrected chi connectivity index (χ1v) is 5.20. The van der Waals surface area contributed by atoms with Gasteiger partial charge in [0, 0.05) is 11.5 Å². The van der Waals surface area contributed by atoms with Gasteiger partial charge in [-0.25, -0.2) is 4.39 Å². The Morgan fingerprint density at radius 2 is 2.38 bits per heavy atom. The number of methoxy groups -OCH3 is 1. The molecule has 0 spiro atoms. The zero-order valence-electron chi connectivity index (χ0n) is 8.83. The van der Waals surface area contributed by atoms with Crippen LogP contribution in [-0.4, -0.2) is 19.7 Å². The van der Waals surface area contributed by atoms with Crippen LogP contribution >= 0.6 is 0 Å². The van der Waals surface area contributed by atoms with Crippen molar-refractivity contribution in [3.05, 3.63) is 29.6 Å². The van der Waals surface area contributed by atoms with Crippen LogP contribution in [0.3, 0.4) is 0 Å². The van der Waals surface area contributed by atoms with E-state index >= 15 is 0 Å². The number of halogens is 1. The zero-order chi connectivity index (χ0) is 11.3. The molecule has 0 bridgehead atoms. The number of fused-ring (bicyclic) bond motifs is 1. The van der Waals surface area contributed by atoms with Crippen LogP contribution in [-0.2, 0) is 14.9 Å². The SMILES string of the molecule is COc1ccc(F)cc1[C@@]12C[C@@H]1COC2=O. The Bertz CT molecular complexity index is 471. The smallest absolute Gasteiger partial charge is 0.317 e. The molecule has 2 aliphatic rings. The molecule has 1 aliphatic carbocycles. The van der Waals surface area contributed by atoms with Crippen molar-refractivity contribution >= 4 is 5.97 Å². The number of carbonyl (C=O) groups is 1. The minimum atomic E-state index is -0.632. The topological polar surface area (TPSA) is 35.5 Å². The molecule has 4 heteroatoms. The van der Waals surface area contributed by atoms with Gasteiger partial charge in [0.25, 0.3) is 0 Å². The fraction of sp³-hybridized carbons (Fsp3) is 0.417. The van der Waals surface area contributed by atoms with E-state index in [1.165, 1.54) is 19.2 Å². The van der Waals surface area contributed by atoms with Gasteiger partial charge in [-0.3, -0.25) is 4.79 Å². The molecule has 84 valence electrons. The maximum atomic E-state index is 13.2. The van der Waals surface area contributed by atoms with Crippen molar-refractivity contribution in [3.8, 4) is 5.75 Å². The second kappa shape index (κ2) is 2.97. The molecule has 3 nitrogen and oxygen atoms in total. The minimum Gasteiger partial charge on any atom is -0.496 e. The van der Waals surface area contributed by atoms with Gasteiger partial charge in [0.15, 0.2) is 0 Å². The Balaban J connectivity index is 2.13. The highest BCUT2D eigenvalue weighted by atomic mass is 19.1. The van der Waals surface area contributed by atoms with E-state index in [9.17, 15) is 9.18 Å². The summed E-state index contributed by atoms with van der Waals surface area (Å²) in [6.45, 7) is 0.443. The predicted octanol–water partition coefficient (Wildman–Crippen LogP) is 1.65. The summed E-state index contributed by atoms with van der Waals surface area (Å²) in [7, 11) is 1.52. The number of cyclic esters (lactones) is 1. The molecule has 1 saturated carbocycles. The van der Waals surface area contributed by atoms with Crippen LogP contribution in [0.5, 0.6) is 5.75 Å². The third-order valence-corrected chi connectivity index (χ3v) is 3.53. The van der Waals surface area contributed by atoms with Crippen LogP contribution in [0, 0.1) is 11.7 Å². The van der Waals surface area contributed by atoms with E-state index < -0.39 is 5.41 Å². The third kappa shape index (κ3) is 1.04. The Hall–Kier alpha value is -1.58. The van der Waals surface area contributed by atoms with Gasteiger partial charge in [0.05, 0.1) is 13.7 Å². The molecule has 0 unspecified atom stereocenters. The monoisotopic (exact) mass is 222 g/mol. The lowest BCUT2D eigenvalue weighted by Crippen LogP contribution is -2.19. The van der Waals surface area contributed by atoms with E-state index in [1.807, 2.05) is 0 Å². The Kier molecular flexibility index (Phi) is 1.79. The van der Waals surface area contributed by atoms with Gasteiger partial charge in [-0.2, -0.15) is 0 Å². The second-order valence-electron chi connectivity index (χ2n) is 4.32. The maximum absolute atomic E-state index is 13.2. The lowest BCUT2D eigenvalue weighted by molar-refractivity contribution is -0.142. The van der Waals surface area contributed by atoms with E-state index in [1.54, 1.807) is 6.07 Å².